The second-order valence-corrected chi connectivity index (χ2v) is 7.26. The first-order chi connectivity index (χ1) is 11.6. The highest BCUT2D eigenvalue weighted by Gasteiger charge is 2.18. The molecule has 7 nitrogen and oxygen atoms in total. The Morgan fingerprint density at radius 3 is 2.88 bits per heavy atom. The van der Waals surface area contributed by atoms with Gasteiger partial charge in [0, 0.05) is 31.4 Å². The Kier molecular flexibility index (Phi) is 4.84. The van der Waals surface area contributed by atoms with Gasteiger partial charge in [-0.1, -0.05) is 6.07 Å². The van der Waals surface area contributed by atoms with E-state index in [9.17, 15) is 8.42 Å². The fourth-order valence-electron chi connectivity index (χ4n) is 2.48. The molecule has 2 heterocycles. The lowest BCUT2D eigenvalue weighted by atomic mass is 10.3. The van der Waals surface area contributed by atoms with Crippen molar-refractivity contribution in [3.8, 4) is 0 Å². The molecule has 0 amide bonds. The van der Waals surface area contributed by atoms with E-state index >= 15 is 0 Å². The topological polar surface area (TPSA) is 88.4 Å². The van der Waals surface area contributed by atoms with E-state index in [2.05, 4.69) is 20.1 Å². The minimum Gasteiger partial charge on any atom is -0.379 e. The van der Waals surface area contributed by atoms with E-state index in [4.69, 9.17) is 0 Å². The summed E-state index contributed by atoms with van der Waals surface area (Å²) in [6.07, 6.45) is 3.49. The summed E-state index contributed by atoms with van der Waals surface area (Å²) < 4.78 is 29.3. The summed E-state index contributed by atoms with van der Waals surface area (Å²) in [7, 11) is -3.59. The molecule has 0 unspecified atom stereocenters. The highest BCUT2D eigenvalue weighted by atomic mass is 32.2. The van der Waals surface area contributed by atoms with Crippen LogP contribution in [0.1, 0.15) is 25.5 Å². The maximum Gasteiger partial charge on any atom is 0.262 e. The Morgan fingerprint density at radius 1 is 1.29 bits per heavy atom. The summed E-state index contributed by atoms with van der Waals surface area (Å²) in [5, 5.41) is 7.60. The van der Waals surface area contributed by atoms with Crippen LogP contribution in [0.2, 0.25) is 0 Å². The number of hydrogen-bond acceptors (Lipinski definition) is 5. The molecule has 1 aliphatic rings. The lowest BCUT2D eigenvalue weighted by Gasteiger charge is -2.10. The first-order valence-corrected chi connectivity index (χ1v) is 9.47. The van der Waals surface area contributed by atoms with Gasteiger partial charge in [-0.3, -0.25) is 14.4 Å². The third kappa shape index (κ3) is 3.94. The fraction of sp³-hybridized carbons (Fsp3) is 0.375. The van der Waals surface area contributed by atoms with Crippen molar-refractivity contribution in [1.82, 2.24) is 14.5 Å². The number of rotatable bonds is 6. The van der Waals surface area contributed by atoms with Gasteiger partial charge in [-0.25, -0.2) is 8.42 Å². The molecule has 24 heavy (non-hydrogen) atoms. The molecule has 0 saturated carbocycles. The van der Waals surface area contributed by atoms with E-state index in [0.29, 0.717) is 25.3 Å². The van der Waals surface area contributed by atoms with Crippen LogP contribution in [0.4, 0.5) is 5.69 Å². The molecular formula is C16H21N5O2S. The molecule has 0 saturated heterocycles. The zero-order valence-corrected chi connectivity index (χ0v) is 14.4. The summed E-state index contributed by atoms with van der Waals surface area (Å²) in [6, 6.07) is 8.70. The summed E-state index contributed by atoms with van der Waals surface area (Å²) >= 11 is 0. The number of hydrogen-bond donors (Lipinski definition) is 2. The van der Waals surface area contributed by atoms with Gasteiger partial charge in [-0.2, -0.15) is 5.10 Å². The molecule has 2 aromatic rings. The monoisotopic (exact) mass is 347 g/mol. The number of nitrogens with zero attached hydrogens (tertiary/aromatic N) is 3. The molecule has 0 radical (unpaired) electrons. The Morgan fingerprint density at radius 2 is 2.17 bits per heavy atom. The van der Waals surface area contributed by atoms with Gasteiger partial charge in [0.25, 0.3) is 10.0 Å². The first-order valence-electron chi connectivity index (χ1n) is 7.99. The standard InChI is InChI=1S/C16H21N5O2S/c1-2-21-10-8-14(19-21)12-18-13-5-3-6-15(11-13)24(22,23)20-16-7-4-9-17-16/h3,5-6,8,10-11,18H,2,4,7,9,12H2,1H3,(H,17,20). The van der Waals surface area contributed by atoms with E-state index in [0.717, 1.165) is 24.3 Å². The average molecular weight is 347 g/mol. The summed E-state index contributed by atoms with van der Waals surface area (Å²) in [5.41, 5.74) is 1.64. The highest BCUT2D eigenvalue weighted by Crippen LogP contribution is 2.17. The first kappa shape index (κ1) is 16.5. The summed E-state index contributed by atoms with van der Waals surface area (Å²) in [4.78, 5) is 4.38. The van der Waals surface area contributed by atoms with Crippen molar-refractivity contribution in [1.29, 1.82) is 0 Å². The van der Waals surface area contributed by atoms with Crippen LogP contribution < -0.4 is 10.0 Å². The number of aliphatic imine (C=N–C) groups is 1. The van der Waals surface area contributed by atoms with Crippen LogP contribution in [0.5, 0.6) is 0 Å². The van der Waals surface area contributed by atoms with E-state index < -0.39 is 10.0 Å². The second-order valence-electron chi connectivity index (χ2n) is 5.58. The minimum absolute atomic E-state index is 0.223. The van der Waals surface area contributed by atoms with E-state index in [1.54, 1.807) is 18.2 Å². The maximum atomic E-state index is 12.4. The fourth-order valence-corrected chi connectivity index (χ4v) is 3.61. The zero-order chi connectivity index (χ0) is 17.0. The maximum absolute atomic E-state index is 12.4. The van der Waals surface area contributed by atoms with Crippen molar-refractivity contribution in [2.75, 3.05) is 11.9 Å². The Bertz CT molecular complexity index is 842. The van der Waals surface area contributed by atoms with Crippen molar-refractivity contribution in [3.63, 3.8) is 0 Å². The number of aryl methyl sites for hydroxylation is 1. The summed E-state index contributed by atoms with van der Waals surface area (Å²) in [6.45, 7) is 4.07. The molecule has 0 aliphatic carbocycles. The lowest BCUT2D eigenvalue weighted by molar-refractivity contribution is 0.592. The molecule has 0 atom stereocenters. The van der Waals surface area contributed by atoms with Crippen molar-refractivity contribution >= 4 is 21.5 Å². The molecule has 3 rings (SSSR count). The smallest absolute Gasteiger partial charge is 0.262 e. The van der Waals surface area contributed by atoms with Crippen LogP contribution >= 0.6 is 0 Å². The van der Waals surface area contributed by atoms with Crippen LogP contribution in [0, 0.1) is 0 Å². The second kappa shape index (κ2) is 7.04. The third-order valence-corrected chi connectivity index (χ3v) is 5.14. The van der Waals surface area contributed by atoms with E-state index in [-0.39, 0.29) is 4.90 Å². The third-order valence-electron chi connectivity index (χ3n) is 3.76. The number of anilines is 1. The predicted octanol–water partition coefficient (Wildman–Crippen LogP) is 1.99. The van der Waals surface area contributed by atoms with Gasteiger partial charge < -0.3 is 5.32 Å². The Hall–Kier alpha value is -2.35. The van der Waals surface area contributed by atoms with Crippen molar-refractivity contribution in [2.24, 2.45) is 4.99 Å². The highest BCUT2D eigenvalue weighted by molar-refractivity contribution is 7.90. The molecule has 8 heteroatoms. The van der Waals surface area contributed by atoms with E-state index in [1.165, 1.54) is 0 Å². The molecule has 0 spiro atoms. The normalized spacial score (nSPS) is 14.5. The summed E-state index contributed by atoms with van der Waals surface area (Å²) in [5.74, 6) is 0.540. The predicted molar refractivity (Wildman–Crippen MR) is 93.5 cm³/mol. The van der Waals surface area contributed by atoms with Crippen LogP contribution in [0.3, 0.4) is 0 Å². The van der Waals surface area contributed by atoms with Gasteiger partial charge in [0.1, 0.15) is 5.84 Å². The average Bonchev–Trinajstić information content (AvgIpc) is 3.24. The number of benzene rings is 1. The van der Waals surface area contributed by atoms with Gasteiger partial charge in [-0.15, -0.1) is 0 Å². The molecule has 1 aliphatic heterocycles. The minimum atomic E-state index is -3.59. The van der Waals surface area contributed by atoms with Crippen molar-refractivity contribution in [3.05, 3.63) is 42.2 Å². The van der Waals surface area contributed by atoms with E-state index in [1.807, 2.05) is 29.9 Å². The number of sulfonamides is 1. The Balaban J connectivity index is 1.69. The molecule has 2 N–H and O–H groups in total. The molecule has 0 fully saturated rings. The van der Waals surface area contributed by atoms with Gasteiger partial charge in [0.2, 0.25) is 0 Å². The van der Waals surface area contributed by atoms with Crippen LogP contribution in [0.25, 0.3) is 0 Å². The quantitative estimate of drug-likeness (QED) is 0.836. The van der Waals surface area contributed by atoms with Crippen LogP contribution in [0.15, 0.2) is 46.4 Å². The number of amidine groups is 1. The van der Waals surface area contributed by atoms with Gasteiger partial charge in [-0.05, 0) is 37.6 Å². The van der Waals surface area contributed by atoms with Crippen molar-refractivity contribution in [2.45, 2.75) is 37.8 Å². The molecule has 1 aromatic heterocycles. The Labute approximate surface area is 141 Å². The number of aromatic nitrogens is 2. The van der Waals surface area contributed by atoms with Gasteiger partial charge in [0.15, 0.2) is 0 Å². The number of nitrogens with one attached hydrogen (secondary N) is 2. The lowest BCUT2D eigenvalue weighted by Crippen LogP contribution is -2.29. The molecule has 1 aromatic carbocycles. The van der Waals surface area contributed by atoms with Crippen LogP contribution in [-0.4, -0.2) is 30.6 Å². The molecular weight excluding hydrogens is 326 g/mol. The van der Waals surface area contributed by atoms with Gasteiger partial charge >= 0.3 is 0 Å². The van der Waals surface area contributed by atoms with Crippen molar-refractivity contribution < 1.29 is 8.42 Å². The zero-order valence-electron chi connectivity index (χ0n) is 13.6. The van der Waals surface area contributed by atoms with Crippen LogP contribution in [-0.2, 0) is 23.1 Å². The van der Waals surface area contributed by atoms with Gasteiger partial charge in [0.05, 0.1) is 17.1 Å². The molecule has 0 bridgehead atoms. The largest absolute Gasteiger partial charge is 0.379 e. The SMILES string of the molecule is CCn1ccc(CNc2cccc(S(=O)(=O)NC3=NCCC3)c2)n1. The molecule has 128 valence electrons.